The number of ketones is 1. The molecule has 21 heavy (non-hydrogen) atoms. The quantitative estimate of drug-likeness (QED) is 0.756. The first kappa shape index (κ1) is 13.8. The van der Waals surface area contributed by atoms with Crippen LogP contribution in [0.15, 0.2) is 11.8 Å². The van der Waals surface area contributed by atoms with Crippen LogP contribution in [0.1, 0.15) is 71.6 Å². The SMILES string of the molecule is CC12CC3CC(C)(C1)CC(CC(=O)C1=COCCC1)(C3)C2. The van der Waals surface area contributed by atoms with Crippen LogP contribution >= 0.6 is 0 Å². The minimum atomic E-state index is 0.304. The lowest BCUT2D eigenvalue weighted by atomic mass is 9.39. The van der Waals surface area contributed by atoms with Gasteiger partial charge in [0.15, 0.2) is 5.78 Å². The van der Waals surface area contributed by atoms with E-state index in [1.807, 2.05) is 0 Å². The summed E-state index contributed by atoms with van der Waals surface area (Å²) in [5.41, 5.74) is 2.27. The molecular formula is C19H28O2. The van der Waals surface area contributed by atoms with Gasteiger partial charge >= 0.3 is 0 Å². The third kappa shape index (κ3) is 2.35. The molecule has 0 aromatic carbocycles. The summed E-state index contributed by atoms with van der Waals surface area (Å²) in [7, 11) is 0. The number of rotatable bonds is 3. The Bertz CT molecular complexity index is 486. The number of carbonyl (C=O) groups excluding carboxylic acids is 1. The van der Waals surface area contributed by atoms with Gasteiger partial charge in [0.25, 0.3) is 0 Å². The van der Waals surface area contributed by atoms with E-state index in [0.717, 1.165) is 37.4 Å². The van der Waals surface area contributed by atoms with Crippen LogP contribution < -0.4 is 0 Å². The molecule has 2 atom stereocenters. The lowest BCUT2D eigenvalue weighted by Crippen LogP contribution is -2.55. The van der Waals surface area contributed by atoms with Crippen molar-refractivity contribution >= 4 is 5.78 Å². The predicted octanol–water partition coefficient (Wildman–Crippen LogP) is 4.64. The van der Waals surface area contributed by atoms with Gasteiger partial charge in [-0.05, 0) is 73.5 Å². The van der Waals surface area contributed by atoms with Crippen LogP contribution in [-0.2, 0) is 9.53 Å². The highest BCUT2D eigenvalue weighted by Gasteiger charge is 2.60. The topological polar surface area (TPSA) is 26.3 Å². The summed E-state index contributed by atoms with van der Waals surface area (Å²) in [4.78, 5) is 12.7. The third-order valence-electron chi connectivity index (χ3n) is 6.57. The Morgan fingerprint density at radius 2 is 1.90 bits per heavy atom. The maximum Gasteiger partial charge on any atom is 0.162 e. The Hall–Kier alpha value is -0.790. The van der Waals surface area contributed by atoms with Gasteiger partial charge in [0.2, 0.25) is 0 Å². The monoisotopic (exact) mass is 288 g/mol. The zero-order valence-corrected chi connectivity index (χ0v) is 13.5. The van der Waals surface area contributed by atoms with Gasteiger partial charge in [0.05, 0.1) is 12.9 Å². The lowest BCUT2D eigenvalue weighted by Gasteiger charge is -2.65. The van der Waals surface area contributed by atoms with Crippen LogP contribution in [-0.4, -0.2) is 12.4 Å². The van der Waals surface area contributed by atoms with E-state index in [0.29, 0.717) is 22.0 Å². The molecule has 0 saturated heterocycles. The fourth-order valence-corrected chi connectivity index (χ4v) is 7.11. The molecule has 1 heterocycles. The second-order valence-corrected chi connectivity index (χ2v) is 9.35. The van der Waals surface area contributed by atoms with E-state index in [2.05, 4.69) is 13.8 Å². The minimum absolute atomic E-state index is 0.304. The maximum atomic E-state index is 12.7. The van der Waals surface area contributed by atoms with Gasteiger partial charge in [0.1, 0.15) is 0 Å². The minimum Gasteiger partial charge on any atom is -0.501 e. The van der Waals surface area contributed by atoms with Crippen molar-refractivity contribution in [2.45, 2.75) is 71.6 Å². The highest BCUT2D eigenvalue weighted by Crippen LogP contribution is 2.70. The van der Waals surface area contributed by atoms with E-state index in [-0.39, 0.29) is 0 Å². The molecule has 0 N–H and O–H groups in total. The zero-order valence-electron chi connectivity index (χ0n) is 13.5. The van der Waals surface area contributed by atoms with Gasteiger partial charge in [-0.3, -0.25) is 4.79 Å². The summed E-state index contributed by atoms with van der Waals surface area (Å²) in [5, 5.41) is 0. The first-order chi connectivity index (χ1) is 9.90. The molecule has 116 valence electrons. The van der Waals surface area contributed by atoms with Gasteiger partial charge in [0, 0.05) is 12.0 Å². The Kier molecular flexibility index (Phi) is 2.88. The molecule has 4 fully saturated rings. The fourth-order valence-electron chi connectivity index (χ4n) is 7.11. The summed E-state index contributed by atoms with van der Waals surface area (Å²) in [5.74, 6) is 1.25. The number of carbonyl (C=O) groups is 1. The molecule has 0 spiro atoms. The summed E-state index contributed by atoms with van der Waals surface area (Å²) >= 11 is 0. The van der Waals surface area contributed by atoms with E-state index in [1.165, 1.54) is 38.5 Å². The molecule has 0 aromatic heterocycles. The van der Waals surface area contributed by atoms with Crippen molar-refractivity contribution in [3.8, 4) is 0 Å². The number of ether oxygens (including phenoxy) is 1. The second-order valence-electron chi connectivity index (χ2n) is 9.35. The molecule has 5 aliphatic rings. The Morgan fingerprint density at radius 3 is 2.48 bits per heavy atom. The van der Waals surface area contributed by atoms with Crippen molar-refractivity contribution in [1.82, 2.24) is 0 Å². The second kappa shape index (κ2) is 4.36. The third-order valence-corrected chi connectivity index (χ3v) is 6.57. The highest BCUT2D eigenvalue weighted by molar-refractivity contribution is 5.95. The molecule has 2 nitrogen and oxygen atoms in total. The van der Waals surface area contributed by atoms with Crippen LogP contribution in [0.4, 0.5) is 0 Å². The molecule has 0 radical (unpaired) electrons. The van der Waals surface area contributed by atoms with Gasteiger partial charge in [-0.2, -0.15) is 0 Å². The Morgan fingerprint density at radius 1 is 1.19 bits per heavy atom. The largest absolute Gasteiger partial charge is 0.501 e. The molecule has 4 aliphatic carbocycles. The summed E-state index contributed by atoms with van der Waals surface area (Å²) in [6.07, 6.45) is 12.5. The number of hydrogen-bond donors (Lipinski definition) is 0. The summed E-state index contributed by atoms with van der Waals surface area (Å²) in [6.45, 7) is 5.75. The predicted molar refractivity (Wildman–Crippen MR) is 82.7 cm³/mol. The molecule has 1 aliphatic heterocycles. The fraction of sp³-hybridized carbons (Fsp3) is 0.842. The van der Waals surface area contributed by atoms with E-state index in [9.17, 15) is 4.79 Å². The number of allylic oxidation sites excluding steroid dienone is 1. The lowest BCUT2D eigenvalue weighted by molar-refractivity contribution is -0.153. The average Bonchev–Trinajstić information content (AvgIpc) is 2.34. The highest BCUT2D eigenvalue weighted by atomic mass is 16.5. The van der Waals surface area contributed by atoms with E-state index in [1.54, 1.807) is 6.26 Å². The zero-order chi connectivity index (χ0) is 14.7. The van der Waals surface area contributed by atoms with Crippen molar-refractivity contribution in [3.05, 3.63) is 11.8 Å². The Balaban J connectivity index is 1.57. The molecule has 4 bridgehead atoms. The first-order valence-corrected chi connectivity index (χ1v) is 8.73. The van der Waals surface area contributed by atoms with Gasteiger partial charge in [-0.15, -0.1) is 0 Å². The van der Waals surface area contributed by atoms with Crippen LogP contribution in [0.3, 0.4) is 0 Å². The summed E-state index contributed by atoms with van der Waals surface area (Å²) in [6, 6.07) is 0. The summed E-state index contributed by atoms with van der Waals surface area (Å²) < 4.78 is 5.38. The standard InChI is InChI=1S/C19H28O2/c1-17-6-14-7-18(2,11-17)13-19(8-14,12-17)9-16(20)15-4-3-5-21-10-15/h10,14H,3-9,11-13H2,1-2H3. The van der Waals surface area contributed by atoms with E-state index < -0.39 is 0 Å². The van der Waals surface area contributed by atoms with Crippen LogP contribution in [0.25, 0.3) is 0 Å². The molecule has 2 unspecified atom stereocenters. The normalized spacial score (nSPS) is 47.9. The van der Waals surface area contributed by atoms with Crippen LogP contribution in [0.5, 0.6) is 0 Å². The molecular weight excluding hydrogens is 260 g/mol. The van der Waals surface area contributed by atoms with Crippen molar-refractivity contribution in [3.63, 3.8) is 0 Å². The molecule has 2 heteroatoms. The van der Waals surface area contributed by atoms with Crippen molar-refractivity contribution in [2.24, 2.45) is 22.2 Å². The molecule has 4 saturated carbocycles. The van der Waals surface area contributed by atoms with Crippen molar-refractivity contribution in [2.75, 3.05) is 6.61 Å². The van der Waals surface area contributed by atoms with Crippen LogP contribution in [0, 0.1) is 22.2 Å². The maximum absolute atomic E-state index is 12.7. The Labute approximate surface area is 128 Å². The first-order valence-electron chi connectivity index (χ1n) is 8.73. The smallest absolute Gasteiger partial charge is 0.162 e. The number of Topliss-reactive ketones (excluding diaryl/α,β-unsaturated/α-hetero) is 1. The van der Waals surface area contributed by atoms with E-state index in [4.69, 9.17) is 4.74 Å². The van der Waals surface area contributed by atoms with E-state index >= 15 is 0 Å². The molecule has 5 rings (SSSR count). The van der Waals surface area contributed by atoms with Gasteiger partial charge in [-0.25, -0.2) is 0 Å². The molecule has 0 amide bonds. The van der Waals surface area contributed by atoms with Crippen molar-refractivity contribution in [1.29, 1.82) is 0 Å². The van der Waals surface area contributed by atoms with Gasteiger partial charge < -0.3 is 4.74 Å². The van der Waals surface area contributed by atoms with Crippen LogP contribution in [0.2, 0.25) is 0 Å². The number of hydrogen-bond acceptors (Lipinski definition) is 2. The van der Waals surface area contributed by atoms with Gasteiger partial charge in [-0.1, -0.05) is 13.8 Å². The molecule has 0 aromatic rings. The average molecular weight is 288 g/mol. The van der Waals surface area contributed by atoms with Crippen molar-refractivity contribution < 1.29 is 9.53 Å².